The van der Waals surface area contributed by atoms with Gasteiger partial charge in [-0.1, -0.05) is 36.4 Å². The molecule has 1 unspecified atom stereocenters. The second-order valence-corrected chi connectivity index (χ2v) is 4.61. The van der Waals surface area contributed by atoms with E-state index in [2.05, 4.69) is 12.1 Å². The van der Waals surface area contributed by atoms with Crippen LogP contribution in [0.3, 0.4) is 0 Å². The molecule has 0 aliphatic carbocycles. The molecule has 1 aromatic carbocycles. The Hall–Kier alpha value is -1.77. The van der Waals surface area contributed by atoms with Crippen molar-refractivity contribution in [2.75, 3.05) is 0 Å². The van der Waals surface area contributed by atoms with Crippen LogP contribution in [-0.2, 0) is 15.9 Å². The van der Waals surface area contributed by atoms with Crippen LogP contribution >= 0.6 is 0 Å². The number of rotatable bonds is 3. The van der Waals surface area contributed by atoms with Crippen LogP contribution in [0, 0.1) is 0 Å². The number of cyclic esters (lactones) is 2. The number of hydrogen-bond donors (Lipinski definition) is 0. The zero-order valence-electron chi connectivity index (χ0n) is 10.1. The Bertz CT molecular complexity index is 420. The van der Waals surface area contributed by atoms with Crippen LogP contribution in [0.25, 0.3) is 0 Å². The number of carbonyl (C=O) groups excluding carboxylic acids is 1. The van der Waals surface area contributed by atoms with E-state index in [9.17, 15) is 4.79 Å². The van der Waals surface area contributed by atoms with Gasteiger partial charge in [0.15, 0.2) is 11.7 Å². The first-order valence-electron chi connectivity index (χ1n) is 5.68. The highest BCUT2D eigenvalue weighted by Gasteiger charge is 2.42. The van der Waals surface area contributed by atoms with Crippen molar-refractivity contribution >= 4 is 6.16 Å². The van der Waals surface area contributed by atoms with E-state index in [1.54, 1.807) is 0 Å². The van der Waals surface area contributed by atoms with Gasteiger partial charge in [0.1, 0.15) is 0 Å². The SMILES string of the molecule is CC1(C)OC(=O)OC1C=CCc1ccccc1. The average molecular weight is 232 g/mol. The smallest absolute Gasteiger partial charge is 0.424 e. The third kappa shape index (κ3) is 2.87. The maximum atomic E-state index is 11.0. The third-order valence-electron chi connectivity index (χ3n) is 2.76. The summed E-state index contributed by atoms with van der Waals surface area (Å²) in [6, 6.07) is 10.1. The van der Waals surface area contributed by atoms with E-state index in [1.807, 2.05) is 44.2 Å². The van der Waals surface area contributed by atoms with E-state index in [1.165, 1.54) is 5.56 Å². The lowest BCUT2D eigenvalue weighted by Crippen LogP contribution is -2.31. The number of allylic oxidation sites excluding steroid dienone is 1. The van der Waals surface area contributed by atoms with Gasteiger partial charge in [-0.05, 0) is 31.9 Å². The molecule has 1 aromatic rings. The normalized spacial score (nSPS) is 22.5. The summed E-state index contributed by atoms with van der Waals surface area (Å²) >= 11 is 0. The number of ether oxygens (including phenoxy) is 2. The lowest BCUT2D eigenvalue weighted by atomic mass is 10.0. The molecular weight excluding hydrogens is 216 g/mol. The fourth-order valence-corrected chi connectivity index (χ4v) is 1.76. The summed E-state index contributed by atoms with van der Waals surface area (Å²) in [5.74, 6) is 0. The van der Waals surface area contributed by atoms with Crippen molar-refractivity contribution in [1.82, 2.24) is 0 Å². The molecule has 0 N–H and O–H groups in total. The lowest BCUT2D eigenvalue weighted by molar-refractivity contribution is 0.0764. The van der Waals surface area contributed by atoms with E-state index in [-0.39, 0.29) is 6.10 Å². The highest BCUT2D eigenvalue weighted by atomic mass is 16.8. The van der Waals surface area contributed by atoms with E-state index in [0.29, 0.717) is 0 Å². The molecule has 90 valence electrons. The van der Waals surface area contributed by atoms with Gasteiger partial charge in [0.05, 0.1) is 0 Å². The first kappa shape index (κ1) is 11.7. The average Bonchev–Trinajstić information content (AvgIpc) is 2.53. The van der Waals surface area contributed by atoms with Crippen molar-refractivity contribution < 1.29 is 14.3 Å². The van der Waals surface area contributed by atoms with Gasteiger partial charge in [0, 0.05) is 0 Å². The highest BCUT2D eigenvalue weighted by Crippen LogP contribution is 2.27. The van der Waals surface area contributed by atoms with Crippen molar-refractivity contribution in [2.45, 2.75) is 32.0 Å². The molecule has 0 radical (unpaired) electrons. The molecule has 0 amide bonds. The Kier molecular flexibility index (Phi) is 3.18. The van der Waals surface area contributed by atoms with Gasteiger partial charge in [0.2, 0.25) is 0 Å². The lowest BCUT2D eigenvalue weighted by Gasteiger charge is -2.18. The molecular formula is C14H16O3. The topological polar surface area (TPSA) is 35.5 Å². The van der Waals surface area contributed by atoms with Crippen LogP contribution < -0.4 is 0 Å². The number of hydrogen-bond acceptors (Lipinski definition) is 3. The first-order valence-corrected chi connectivity index (χ1v) is 5.68. The Balaban J connectivity index is 1.95. The zero-order valence-corrected chi connectivity index (χ0v) is 10.1. The molecule has 3 heteroatoms. The second-order valence-electron chi connectivity index (χ2n) is 4.61. The standard InChI is InChI=1S/C14H16O3/c1-14(2)12(16-13(15)17-14)10-6-9-11-7-4-3-5-8-11/h3-8,10,12H,9H2,1-2H3. The molecule has 1 saturated heterocycles. The van der Waals surface area contributed by atoms with Gasteiger partial charge in [-0.3, -0.25) is 0 Å². The van der Waals surface area contributed by atoms with Gasteiger partial charge in [-0.15, -0.1) is 0 Å². The summed E-state index contributed by atoms with van der Waals surface area (Å²) in [4.78, 5) is 11.0. The van der Waals surface area contributed by atoms with Crippen LogP contribution in [-0.4, -0.2) is 17.9 Å². The molecule has 0 spiro atoms. The first-order chi connectivity index (χ1) is 8.08. The fourth-order valence-electron chi connectivity index (χ4n) is 1.76. The molecule has 0 aromatic heterocycles. The summed E-state index contributed by atoms with van der Waals surface area (Å²) in [7, 11) is 0. The Labute approximate surface area is 101 Å². The van der Waals surface area contributed by atoms with E-state index in [4.69, 9.17) is 9.47 Å². The van der Waals surface area contributed by atoms with Crippen LogP contribution in [0.1, 0.15) is 19.4 Å². The van der Waals surface area contributed by atoms with Crippen molar-refractivity contribution in [3.05, 3.63) is 48.0 Å². The van der Waals surface area contributed by atoms with Gasteiger partial charge in [-0.25, -0.2) is 4.79 Å². The number of carbonyl (C=O) groups is 1. The Morgan fingerprint density at radius 2 is 2.00 bits per heavy atom. The largest absolute Gasteiger partial charge is 0.509 e. The fraction of sp³-hybridized carbons (Fsp3) is 0.357. The minimum absolute atomic E-state index is 0.307. The molecule has 0 saturated carbocycles. The minimum atomic E-state index is -0.593. The van der Waals surface area contributed by atoms with Crippen molar-refractivity contribution in [3.8, 4) is 0 Å². The molecule has 2 rings (SSSR count). The maximum absolute atomic E-state index is 11.0. The van der Waals surface area contributed by atoms with Crippen LogP contribution in [0.5, 0.6) is 0 Å². The summed E-state index contributed by atoms with van der Waals surface area (Å²) in [6.45, 7) is 3.69. The van der Waals surface area contributed by atoms with Crippen molar-refractivity contribution in [1.29, 1.82) is 0 Å². The summed E-state index contributed by atoms with van der Waals surface area (Å²) < 4.78 is 10.1. The van der Waals surface area contributed by atoms with Crippen LogP contribution in [0.15, 0.2) is 42.5 Å². The molecule has 3 nitrogen and oxygen atoms in total. The van der Waals surface area contributed by atoms with Gasteiger partial charge < -0.3 is 9.47 Å². The molecule has 1 aliphatic heterocycles. The molecule has 1 atom stereocenters. The third-order valence-corrected chi connectivity index (χ3v) is 2.76. The summed E-state index contributed by atoms with van der Waals surface area (Å²) in [5.41, 5.74) is 0.649. The van der Waals surface area contributed by atoms with Crippen LogP contribution in [0.2, 0.25) is 0 Å². The maximum Gasteiger partial charge on any atom is 0.509 e. The molecule has 1 heterocycles. The molecule has 0 bridgehead atoms. The minimum Gasteiger partial charge on any atom is -0.424 e. The quantitative estimate of drug-likeness (QED) is 0.593. The van der Waals surface area contributed by atoms with Gasteiger partial charge >= 0.3 is 6.16 Å². The van der Waals surface area contributed by atoms with Crippen LogP contribution in [0.4, 0.5) is 4.79 Å². The number of benzene rings is 1. The highest BCUT2D eigenvalue weighted by molar-refractivity contribution is 5.63. The Morgan fingerprint density at radius 1 is 1.29 bits per heavy atom. The van der Waals surface area contributed by atoms with Crippen molar-refractivity contribution in [2.24, 2.45) is 0 Å². The predicted molar refractivity (Wildman–Crippen MR) is 64.7 cm³/mol. The molecule has 17 heavy (non-hydrogen) atoms. The predicted octanol–water partition coefficient (Wildman–Crippen LogP) is 3.10. The molecule has 1 fully saturated rings. The van der Waals surface area contributed by atoms with Crippen molar-refractivity contribution in [3.63, 3.8) is 0 Å². The zero-order chi connectivity index (χ0) is 12.3. The van der Waals surface area contributed by atoms with Gasteiger partial charge in [-0.2, -0.15) is 0 Å². The summed E-state index contributed by atoms with van der Waals surface area (Å²) in [6.07, 6.45) is 3.81. The summed E-state index contributed by atoms with van der Waals surface area (Å²) in [5, 5.41) is 0. The monoisotopic (exact) mass is 232 g/mol. The van der Waals surface area contributed by atoms with E-state index in [0.717, 1.165) is 6.42 Å². The molecule has 1 aliphatic rings. The van der Waals surface area contributed by atoms with E-state index >= 15 is 0 Å². The van der Waals surface area contributed by atoms with E-state index < -0.39 is 11.8 Å². The Morgan fingerprint density at radius 3 is 2.59 bits per heavy atom. The van der Waals surface area contributed by atoms with Gasteiger partial charge in [0.25, 0.3) is 0 Å². The second kappa shape index (κ2) is 4.62.